The van der Waals surface area contributed by atoms with Gasteiger partial charge in [-0.15, -0.1) is 10.2 Å². The molecule has 2 aromatic carbocycles. The minimum absolute atomic E-state index is 0.0322. The molecule has 0 atom stereocenters. The van der Waals surface area contributed by atoms with Gasteiger partial charge in [0.1, 0.15) is 5.75 Å². The Kier molecular flexibility index (Phi) is 6.57. The fourth-order valence-electron chi connectivity index (χ4n) is 2.88. The number of hydrogen-bond donors (Lipinski definition) is 2. The van der Waals surface area contributed by atoms with Crippen molar-refractivity contribution in [3.8, 4) is 11.6 Å². The van der Waals surface area contributed by atoms with Gasteiger partial charge in [-0.25, -0.2) is 0 Å². The van der Waals surface area contributed by atoms with Gasteiger partial charge in [0.15, 0.2) is 5.69 Å². The summed E-state index contributed by atoms with van der Waals surface area (Å²) in [5.41, 5.74) is 1.92. The molecule has 3 aromatic rings. The number of nitrogens with one attached hydrogen (secondary N) is 1. The summed E-state index contributed by atoms with van der Waals surface area (Å²) in [6, 6.07) is 15.0. The molecule has 8 heteroatoms. The Morgan fingerprint density at radius 3 is 2.71 bits per heavy atom. The third-order valence-corrected chi connectivity index (χ3v) is 4.35. The van der Waals surface area contributed by atoms with E-state index in [1.54, 1.807) is 11.7 Å². The van der Waals surface area contributed by atoms with Gasteiger partial charge in [0, 0.05) is 18.5 Å². The van der Waals surface area contributed by atoms with Crippen LogP contribution in [-0.2, 0) is 11.3 Å². The summed E-state index contributed by atoms with van der Waals surface area (Å²) in [5, 5.41) is 22.9. The van der Waals surface area contributed by atoms with Crippen molar-refractivity contribution in [2.75, 3.05) is 25.6 Å². The Bertz CT molecular complexity index is 1000. The topological polar surface area (TPSA) is 80.4 Å². The van der Waals surface area contributed by atoms with E-state index < -0.39 is 0 Å². The van der Waals surface area contributed by atoms with E-state index in [4.69, 9.17) is 21.7 Å². The van der Waals surface area contributed by atoms with Crippen molar-refractivity contribution >= 4 is 39.6 Å². The van der Waals surface area contributed by atoms with Crippen LogP contribution in [0.5, 0.6) is 11.6 Å². The Morgan fingerprint density at radius 1 is 1.18 bits per heavy atom. The maximum atomic E-state index is 10.7. The van der Waals surface area contributed by atoms with Crippen molar-refractivity contribution in [1.82, 2.24) is 4.57 Å². The average molecular weight is 398 g/mol. The second kappa shape index (κ2) is 9.29. The number of aromatic nitrogens is 1. The third kappa shape index (κ3) is 4.29. The number of azo groups is 1. The van der Waals surface area contributed by atoms with E-state index in [0.29, 0.717) is 36.9 Å². The van der Waals surface area contributed by atoms with Crippen LogP contribution in [0.4, 0.5) is 11.4 Å². The highest BCUT2D eigenvalue weighted by Crippen LogP contribution is 2.38. The Hall–Kier alpha value is -2.97. The first-order valence-corrected chi connectivity index (χ1v) is 9.30. The van der Waals surface area contributed by atoms with E-state index in [1.165, 1.54) is 0 Å². The van der Waals surface area contributed by atoms with E-state index in [2.05, 4.69) is 15.5 Å². The number of ether oxygens (including phenoxy) is 2. The summed E-state index contributed by atoms with van der Waals surface area (Å²) < 4.78 is 12.5. The first kappa shape index (κ1) is 19.8. The summed E-state index contributed by atoms with van der Waals surface area (Å²) in [6.45, 7) is 3.56. The highest BCUT2D eigenvalue weighted by molar-refractivity contribution is 7.80. The molecule has 0 aliphatic heterocycles. The lowest BCUT2D eigenvalue weighted by atomic mass is 10.2. The van der Waals surface area contributed by atoms with Crippen molar-refractivity contribution in [3.63, 3.8) is 0 Å². The molecule has 0 radical (unpaired) electrons. The molecule has 0 amide bonds. The predicted molar refractivity (Wildman–Crippen MR) is 114 cm³/mol. The first-order valence-electron chi connectivity index (χ1n) is 8.89. The summed E-state index contributed by atoms with van der Waals surface area (Å²) >= 11 is 5.27. The number of rotatable bonds is 7. The molecule has 7 nitrogen and oxygen atoms in total. The smallest absolute Gasteiger partial charge is 0.220 e. The van der Waals surface area contributed by atoms with Crippen molar-refractivity contribution < 1.29 is 14.6 Å². The van der Waals surface area contributed by atoms with Crippen LogP contribution in [0.3, 0.4) is 0 Å². The zero-order valence-corrected chi connectivity index (χ0v) is 16.6. The zero-order valence-electron chi connectivity index (χ0n) is 15.8. The van der Waals surface area contributed by atoms with Crippen molar-refractivity contribution in [3.05, 3.63) is 48.5 Å². The van der Waals surface area contributed by atoms with Crippen molar-refractivity contribution in [2.24, 2.45) is 10.2 Å². The predicted octanol–water partition coefficient (Wildman–Crippen LogP) is 4.87. The molecular formula is C20H22N4O3S. The van der Waals surface area contributed by atoms with Gasteiger partial charge in [-0.1, -0.05) is 30.3 Å². The van der Waals surface area contributed by atoms with Crippen LogP contribution in [0.15, 0.2) is 58.8 Å². The maximum absolute atomic E-state index is 10.7. The zero-order chi connectivity index (χ0) is 19.9. The minimum atomic E-state index is 0.0322. The molecule has 2 N–H and O–H groups in total. The molecule has 146 valence electrons. The Balaban J connectivity index is 1.85. The molecular weight excluding hydrogens is 376 g/mol. The molecule has 1 heterocycles. The number of nitrogens with zero attached hydrogens (tertiary/aromatic N) is 3. The summed E-state index contributed by atoms with van der Waals surface area (Å²) in [5.74, 6) is 0.681. The maximum Gasteiger partial charge on any atom is 0.220 e. The van der Waals surface area contributed by atoms with Gasteiger partial charge >= 0.3 is 0 Å². The van der Waals surface area contributed by atoms with E-state index in [-0.39, 0.29) is 11.0 Å². The van der Waals surface area contributed by atoms with Crippen LogP contribution in [0.2, 0.25) is 0 Å². The van der Waals surface area contributed by atoms with Gasteiger partial charge in [0.25, 0.3) is 0 Å². The van der Waals surface area contributed by atoms with Crippen LogP contribution in [0.25, 0.3) is 10.9 Å². The molecule has 3 rings (SSSR count). The van der Waals surface area contributed by atoms with Gasteiger partial charge in [0.2, 0.25) is 11.0 Å². The number of methoxy groups -OCH3 is 1. The quantitative estimate of drug-likeness (QED) is 0.337. The molecule has 0 aliphatic rings. The van der Waals surface area contributed by atoms with Gasteiger partial charge in [-0.2, -0.15) is 0 Å². The Morgan fingerprint density at radius 2 is 1.93 bits per heavy atom. The van der Waals surface area contributed by atoms with E-state index >= 15 is 0 Å². The van der Waals surface area contributed by atoms with Crippen molar-refractivity contribution in [2.45, 2.75) is 13.5 Å². The number of anilines is 1. The Labute approximate surface area is 168 Å². The number of aromatic hydroxyl groups is 1. The standard InChI is InChI=1S/C20H22N4O3S/c1-3-27-13-12-24-16-10-6-4-8-14(16)18(19(24)25)22-23-20(28)21-15-9-5-7-11-17(15)26-2/h4-11,25H,3,12-13H2,1-2H3,(H,21,28). The first-order chi connectivity index (χ1) is 13.7. The molecule has 28 heavy (non-hydrogen) atoms. The average Bonchev–Trinajstić information content (AvgIpc) is 2.98. The second-order valence-corrected chi connectivity index (χ2v) is 6.26. The lowest BCUT2D eigenvalue weighted by Gasteiger charge is -2.08. The molecule has 0 fully saturated rings. The lowest BCUT2D eigenvalue weighted by Crippen LogP contribution is -2.06. The number of fused-ring (bicyclic) bond motifs is 1. The number of para-hydroxylation sites is 3. The molecule has 0 spiro atoms. The van der Waals surface area contributed by atoms with E-state index in [0.717, 1.165) is 10.9 Å². The largest absolute Gasteiger partial charge is 0.495 e. The SMILES string of the molecule is CCOCCn1c(O)c(N=NC(=S)Nc2ccccc2OC)c2ccccc21. The normalized spacial score (nSPS) is 11.2. The lowest BCUT2D eigenvalue weighted by molar-refractivity contribution is 0.138. The van der Waals surface area contributed by atoms with E-state index in [1.807, 2.05) is 55.5 Å². The fraction of sp³-hybridized carbons (Fsp3) is 0.250. The second-order valence-electron chi connectivity index (χ2n) is 5.87. The van der Waals surface area contributed by atoms with Crippen LogP contribution >= 0.6 is 12.2 Å². The van der Waals surface area contributed by atoms with Gasteiger partial charge in [-0.3, -0.25) is 0 Å². The highest BCUT2D eigenvalue weighted by atomic mass is 32.1. The fourth-order valence-corrected chi connectivity index (χ4v) is 3.03. The van der Waals surface area contributed by atoms with Gasteiger partial charge < -0.3 is 24.5 Å². The number of thiocarbonyl (C=S) groups is 1. The van der Waals surface area contributed by atoms with Crippen LogP contribution in [-0.4, -0.2) is 35.1 Å². The minimum Gasteiger partial charge on any atom is -0.495 e. The summed E-state index contributed by atoms with van der Waals surface area (Å²) in [6.07, 6.45) is 0. The van der Waals surface area contributed by atoms with Gasteiger partial charge in [0.05, 0.1) is 24.9 Å². The third-order valence-electron chi connectivity index (χ3n) is 4.17. The molecule has 0 unspecified atom stereocenters. The number of benzene rings is 2. The molecule has 0 bridgehead atoms. The summed E-state index contributed by atoms with van der Waals surface area (Å²) in [4.78, 5) is 0. The summed E-state index contributed by atoms with van der Waals surface area (Å²) in [7, 11) is 1.58. The highest BCUT2D eigenvalue weighted by Gasteiger charge is 2.16. The van der Waals surface area contributed by atoms with Crippen LogP contribution in [0.1, 0.15) is 6.92 Å². The van der Waals surface area contributed by atoms with Crippen molar-refractivity contribution in [1.29, 1.82) is 0 Å². The molecule has 1 aromatic heterocycles. The van der Waals surface area contributed by atoms with Crippen LogP contribution < -0.4 is 10.1 Å². The monoisotopic (exact) mass is 398 g/mol. The molecule has 0 aliphatic carbocycles. The van der Waals surface area contributed by atoms with Gasteiger partial charge in [-0.05, 0) is 37.3 Å². The number of hydrogen-bond acceptors (Lipinski definition) is 5. The van der Waals surface area contributed by atoms with Crippen LogP contribution in [0, 0.1) is 0 Å². The molecule has 0 saturated heterocycles. The van der Waals surface area contributed by atoms with E-state index in [9.17, 15) is 5.11 Å². The molecule has 0 saturated carbocycles.